The highest BCUT2D eigenvalue weighted by Crippen LogP contribution is 2.18. The maximum absolute atomic E-state index is 12.0. The van der Waals surface area contributed by atoms with Crippen molar-refractivity contribution in [2.75, 3.05) is 13.7 Å². The van der Waals surface area contributed by atoms with E-state index in [0.29, 0.717) is 5.56 Å². The molecule has 1 unspecified atom stereocenters. The van der Waals surface area contributed by atoms with E-state index in [1.165, 1.54) is 18.4 Å². The molecular weight excluding hydrogens is 280 g/mol. The van der Waals surface area contributed by atoms with E-state index in [1.54, 1.807) is 23.7 Å². The molecule has 1 amide bonds. The van der Waals surface area contributed by atoms with Gasteiger partial charge in [0.25, 0.3) is 5.91 Å². The van der Waals surface area contributed by atoms with Gasteiger partial charge in [-0.25, -0.2) is 4.98 Å². The van der Waals surface area contributed by atoms with Crippen molar-refractivity contribution >= 4 is 33.4 Å². The first-order valence-corrected chi connectivity index (χ1v) is 6.84. The van der Waals surface area contributed by atoms with Crippen LogP contribution in [0.3, 0.4) is 0 Å². The largest absolute Gasteiger partial charge is 0.481 e. The van der Waals surface area contributed by atoms with E-state index in [1.807, 2.05) is 0 Å². The molecule has 0 fully saturated rings. The lowest BCUT2D eigenvalue weighted by atomic mass is 10.2. The smallest absolute Gasteiger partial charge is 0.306 e. The topological polar surface area (TPSA) is 88.5 Å². The van der Waals surface area contributed by atoms with Crippen molar-refractivity contribution in [1.29, 1.82) is 0 Å². The molecule has 2 rings (SSSR count). The molecule has 0 aliphatic heterocycles. The monoisotopic (exact) mass is 294 g/mol. The standard InChI is InChI=1S/C13H14N2O4S/c1-19-9(5-12(16)17)6-14-13(18)8-2-3-10-11(4-8)20-7-15-10/h2-4,7,9H,5-6H2,1H3,(H,14,18)(H,16,17). The van der Waals surface area contributed by atoms with E-state index in [2.05, 4.69) is 10.3 Å². The van der Waals surface area contributed by atoms with Crippen molar-refractivity contribution in [3.8, 4) is 0 Å². The number of carboxylic acids is 1. The highest BCUT2D eigenvalue weighted by molar-refractivity contribution is 7.16. The number of thiazole rings is 1. The molecule has 106 valence electrons. The zero-order valence-corrected chi connectivity index (χ0v) is 11.6. The number of carboxylic acid groups (broad SMARTS) is 1. The molecule has 20 heavy (non-hydrogen) atoms. The van der Waals surface area contributed by atoms with E-state index < -0.39 is 12.1 Å². The molecule has 7 heteroatoms. The summed E-state index contributed by atoms with van der Waals surface area (Å²) >= 11 is 1.46. The van der Waals surface area contributed by atoms with Crippen LogP contribution >= 0.6 is 11.3 Å². The first-order valence-electron chi connectivity index (χ1n) is 5.96. The van der Waals surface area contributed by atoms with Crippen molar-refractivity contribution < 1.29 is 19.4 Å². The molecule has 1 aromatic heterocycles. The summed E-state index contributed by atoms with van der Waals surface area (Å²) in [6, 6.07) is 5.24. The summed E-state index contributed by atoms with van der Waals surface area (Å²) in [4.78, 5) is 26.7. The Morgan fingerprint density at radius 1 is 1.50 bits per heavy atom. The number of ether oxygens (including phenoxy) is 1. The lowest BCUT2D eigenvalue weighted by Gasteiger charge is -2.13. The fourth-order valence-corrected chi connectivity index (χ4v) is 2.45. The molecule has 0 spiro atoms. The highest BCUT2D eigenvalue weighted by atomic mass is 32.1. The van der Waals surface area contributed by atoms with Gasteiger partial charge in [0.15, 0.2) is 0 Å². The number of carbonyl (C=O) groups is 2. The minimum atomic E-state index is -0.961. The van der Waals surface area contributed by atoms with Gasteiger partial charge in [-0.05, 0) is 18.2 Å². The Kier molecular flexibility index (Phi) is 4.65. The van der Waals surface area contributed by atoms with Gasteiger partial charge in [0, 0.05) is 19.2 Å². The molecular formula is C13H14N2O4S. The number of hydrogen-bond donors (Lipinski definition) is 2. The molecule has 0 aliphatic carbocycles. The molecule has 0 bridgehead atoms. The summed E-state index contributed by atoms with van der Waals surface area (Å²) in [5.41, 5.74) is 3.10. The molecule has 2 aromatic rings. The van der Waals surface area contributed by atoms with Crippen molar-refractivity contribution in [2.45, 2.75) is 12.5 Å². The molecule has 2 N–H and O–H groups in total. The van der Waals surface area contributed by atoms with Crippen LogP contribution in [0.4, 0.5) is 0 Å². The lowest BCUT2D eigenvalue weighted by molar-refractivity contribution is -0.139. The summed E-state index contributed by atoms with van der Waals surface area (Å²) < 4.78 is 5.94. The van der Waals surface area contributed by atoms with Gasteiger partial charge in [0.1, 0.15) is 0 Å². The summed E-state index contributed by atoms with van der Waals surface area (Å²) in [7, 11) is 1.42. The molecule has 0 aliphatic rings. The van der Waals surface area contributed by atoms with Crippen molar-refractivity contribution in [3.63, 3.8) is 0 Å². The Hall–Kier alpha value is -1.99. The molecule has 1 heterocycles. The fourth-order valence-electron chi connectivity index (χ4n) is 1.74. The van der Waals surface area contributed by atoms with Gasteiger partial charge in [-0.1, -0.05) is 0 Å². The second-order valence-corrected chi connectivity index (χ2v) is 5.09. The summed E-state index contributed by atoms with van der Waals surface area (Å²) in [6.45, 7) is 0.155. The van der Waals surface area contributed by atoms with Crippen LogP contribution in [0.5, 0.6) is 0 Å². The molecule has 6 nitrogen and oxygen atoms in total. The van der Waals surface area contributed by atoms with E-state index in [-0.39, 0.29) is 18.9 Å². The van der Waals surface area contributed by atoms with E-state index in [4.69, 9.17) is 9.84 Å². The van der Waals surface area contributed by atoms with Crippen LogP contribution in [-0.2, 0) is 9.53 Å². The molecule has 0 radical (unpaired) electrons. The van der Waals surface area contributed by atoms with Crippen LogP contribution in [0.1, 0.15) is 16.8 Å². The third kappa shape index (κ3) is 3.52. The zero-order chi connectivity index (χ0) is 14.5. The maximum atomic E-state index is 12.0. The first-order chi connectivity index (χ1) is 9.60. The van der Waals surface area contributed by atoms with Crippen molar-refractivity contribution in [3.05, 3.63) is 29.3 Å². The van der Waals surface area contributed by atoms with Gasteiger partial charge in [-0.2, -0.15) is 0 Å². The van der Waals surface area contributed by atoms with Crippen LogP contribution in [0.15, 0.2) is 23.7 Å². The Morgan fingerprint density at radius 2 is 2.30 bits per heavy atom. The number of hydrogen-bond acceptors (Lipinski definition) is 5. The number of amides is 1. The van der Waals surface area contributed by atoms with Crippen LogP contribution in [0.25, 0.3) is 10.2 Å². The van der Waals surface area contributed by atoms with Gasteiger partial charge >= 0.3 is 5.97 Å². The zero-order valence-electron chi connectivity index (χ0n) is 10.8. The van der Waals surface area contributed by atoms with E-state index in [9.17, 15) is 9.59 Å². The quantitative estimate of drug-likeness (QED) is 0.843. The van der Waals surface area contributed by atoms with Crippen molar-refractivity contribution in [2.24, 2.45) is 0 Å². The Bertz CT molecular complexity index is 626. The number of aliphatic carboxylic acids is 1. The van der Waals surface area contributed by atoms with Gasteiger partial charge in [0.2, 0.25) is 0 Å². The molecule has 1 aromatic carbocycles. The predicted octanol–water partition coefficient (Wildman–Crippen LogP) is 1.52. The normalized spacial score (nSPS) is 12.2. The Balaban J connectivity index is 1.98. The number of aromatic nitrogens is 1. The fraction of sp³-hybridized carbons (Fsp3) is 0.308. The van der Waals surface area contributed by atoms with Gasteiger partial charge in [-0.3, -0.25) is 9.59 Å². The highest BCUT2D eigenvalue weighted by Gasteiger charge is 2.14. The maximum Gasteiger partial charge on any atom is 0.306 e. The van der Waals surface area contributed by atoms with Crippen molar-refractivity contribution in [1.82, 2.24) is 10.3 Å². The minimum absolute atomic E-state index is 0.148. The van der Waals surface area contributed by atoms with E-state index in [0.717, 1.165) is 10.2 Å². The lowest BCUT2D eigenvalue weighted by Crippen LogP contribution is -2.34. The average Bonchev–Trinajstić information content (AvgIpc) is 2.89. The summed E-state index contributed by atoms with van der Waals surface area (Å²) in [6.07, 6.45) is -0.687. The van der Waals surface area contributed by atoms with Gasteiger partial charge in [-0.15, -0.1) is 11.3 Å². The number of nitrogens with zero attached hydrogens (tertiary/aromatic N) is 1. The number of fused-ring (bicyclic) bond motifs is 1. The number of methoxy groups -OCH3 is 1. The average molecular weight is 294 g/mol. The van der Waals surface area contributed by atoms with Crippen LogP contribution in [0, 0.1) is 0 Å². The molecule has 0 saturated heterocycles. The first kappa shape index (κ1) is 14.4. The minimum Gasteiger partial charge on any atom is -0.481 e. The second kappa shape index (κ2) is 6.44. The number of rotatable bonds is 6. The summed E-state index contributed by atoms with van der Waals surface area (Å²) in [5, 5.41) is 11.4. The number of nitrogens with one attached hydrogen (secondary N) is 1. The third-order valence-corrected chi connectivity index (χ3v) is 3.61. The Labute approximate surface area is 119 Å². The van der Waals surface area contributed by atoms with Crippen LogP contribution in [0.2, 0.25) is 0 Å². The predicted molar refractivity (Wildman–Crippen MR) is 75.0 cm³/mol. The number of benzene rings is 1. The third-order valence-electron chi connectivity index (χ3n) is 2.82. The van der Waals surface area contributed by atoms with Gasteiger partial charge in [0.05, 0.1) is 28.3 Å². The van der Waals surface area contributed by atoms with E-state index >= 15 is 0 Å². The SMILES string of the molecule is COC(CNC(=O)c1ccc2ncsc2c1)CC(=O)O. The van der Waals surface area contributed by atoms with Crippen LogP contribution in [-0.4, -0.2) is 41.7 Å². The number of carbonyl (C=O) groups excluding carboxylic acids is 1. The second-order valence-electron chi connectivity index (χ2n) is 4.20. The van der Waals surface area contributed by atoms with Gasteiger partial charge < -0.3 is 15.2 Å². The molecule has 0 saturated carbocycles. The molecule has 1 atom stereocenters. The van der Waals surface area contributed by atoms with Crippen LogP contribution < -0.4 is 5.32 Å². The summed E-state index contributed by atoms with van der Waals surface area (Å²) in [5.74, 6) is -1.22. The Morgan fingerprint density at radius 3 is 3.00 bits per heavy atom.